The molecule has 0 amide bonds. The van der Waals surface area contributed by atoms with Crippen LogP contribution < -0.4 is 0 Å². The van der Waals surface area contributed by atoms with E-state index in [0.717, 1.165) is 11.6 Å². The Balaban J connectivity index is -0.000000320. The molecule has 0 aromatic heterocycles. The zero-order valence-corrected chi connectivity index (χ0v) is 9.72. The first kappa shape index (κ1) is 23.7. The molecular weight excluding hydrogens is 274 g/mol. The molecule has 19 heavy (non-hydrogen) atoms. The van der Waals surface area contributed by atoms with E-state index in [4.69, 9.17) is 9.66 Å². The first-order chi connectivity index (χ1) is 7.81. The van der Waals surface area contributed by atoms with Crippen molar-refractivity contribution in [2.45, 2.75) is 4.90 Å². The van der Waals surface area contributed by atoms with E-state index >= 15 is 0 Å². The van der Waals surface area contributed by atoms with Crippen LogP contribution >= 0.6 is 0 Å². The normalized spacial score (nSPS) is 8.68. The Morgan fingerprint density at radius 3 is 1.74 bits per heavy atom. The van der Waals surface area contributed by atoms with E-state index in [2.05, 4.69) is 13.2 Å². The Bertz CT molecular complexity index is 510. The van der Waals surface area contributed by atoms with Gasteiger partial charge in [0.15, 0.2) is 0 Å². The number of carboxylic acid groups (broad SMARTS) is 1. The van der Waals surface area contributed by atoms with Crippen LogP contribution in [0.2, 0.25) is 0 Å². The van der Waals surface area contributed by atoms with E-state index in [1.54, 1.807) is 18.2 Å². The molecule has 2 N–H and O–H groups in total. The molecule has 0 saturated heterocycles. The van der Waals surface area contributed by atoms with Gasteiger partial charge in [-0.05, 0) is 17.7 Å². The van der Waals surface area contributed by atoms with Crippen LogP contribution in [0, 0.1) is 0 Å². The zero-order chi connectivity index (χ0) is 13.5. The van der Waals surface area contributed by atoms with E-state index in [0.29, 0.717) is 0 Å². The summed E-state index contributed by atoms with van der Waals surface area (Å²) in [4.78, 5) is 9.15. The molecule has 0 radical (unpaired) electrons. The second-order valence-electron chi connectivity index (χ2n) is 2.79. The molecule has 0 aliphatic carbocycles. The predicted molar refractivity (Wildman–Crippen MR) is 78.5 cm³/mol. The summed E-state index contributed by atoms with van der Waals surface area (Å²) in [6.45, 7) is 6.47. The van der Waals surface area contributed by atoms with Gasteiger partial charge in [-0.15, -0.1) is 0 Å². The van der Waals surface area contributed by atoms with Crippen LogP contribution in [0.3, 0.4) is 0 Å². The third-order valence-corrected chi connectivity index (χ3v) is 2.46. The molecule has 96 valence electrons. The van der Waals surface area contributed by atoms with Crippen molar-refractivity contribution in [3.05, 3.63) is 49.1 Å². The van der Waals surface area contributed by atoms with Crippen LogP contribution in [0.5, 0.6) is 0 Å². The number of carbonyl (C=O) groups is 1. The fourth-order valence-electron chi connectivity index (χ4n) is 0.776. The quantitative estimate of drug-likeness (QED) is 0.481. The van der Waals surface area contributed by atoms with Crippen LogP contribution in [0.1, 0.15) is 5.56 Å². The monoisotopic (exact) mass is 288 g/mol. The van der Waals surface area contributed by atoms with E-state index in [-0.39, 0.29) is 53.3 Å². The molecule has 0 spiro atoms. The summed E-state index contributed by atoms with van der Waals surface area (Å²) in [5.41, 5.74) is 0.808. The van der Waals surface area contributed by atoms with Crippen molar-refractivity contribution in [3.8, 4) is 0 Å². The van der Waals surface area contributed by atoms with Gasteiger partial charge >= 0.3 is 54.4 Å². The van der Waals surface area contributed by atoms with Crippen molar-refractivity contribution in [2.75, 3.05) is 0 Å². The Morgan fingerprint density at radius 2 is 1.53 bits per heavy atom. The van der Waals surface area contributed by atoms with Crippen LogP contribution in [-0.2, 0) is 14.9 Å². The molecule has 1 rings (SSSR count). The van der Waals surface area contributed by atoms with Gasteiger partial charge in [-0.1, -0.05) is 31.4 Å². The van der Waals surface area contributed by atoms with Gasteiger partial charge < -0.3 is 5.11 Å². The average Bonchev–Trinajstić information content (AvgIpc) is 2.29. The summed E-state index contributed by atoms with van der Waals surface area (Å²) in [5, 5.41) is 7.60. The summed E-state index contributed by atoms with van der Waals surface area (Å²) in [6, 6.07) is 5.78. The summed E-state index contributed by atoms with van der Waals surface area (Å²) in [7, 11) is -4.06. The van der Waals surface area contributed by atoms with E-state index < -0.39 is 16.1 Å². The number of hydrogen-bond donors (Lipinski definition) is 2. The SMILES string of the molecule is C=CC(=O)O.C=Cc1ccc(S(=O)(=O)O)cc1.[LiH].[NaH]. The van der Waals surface area contributed by atoms with Gasteiger partial charge in [-0.25, -0.2) is 4.79 Å². The molecule has 8 heteroatoms. The van der Waals surface area contributed by atoms with E-state index in [1.807, 2.05) is 0 Å². The summed E-state index contributed by atoms with van der Waals surface area (Å²) in [6.07, 6.45) is 2.42. The van der Waals surface area contributed by atoms with Crippen molar-refractivity contribution in [3.63, 3.8) is 0 Å². The second-order valence-corrected chi connectivity index (χ2v) is 4.21. The predicted octanol–water partition coefficient (Wildman–Crippen LogP) is 0.536. The maximum absolute atomic E-state index is 10.6. The van der Waals surface area contributed by atoms with Gasteiger partial charge in [0.25, 0.3) is 10.1 Å². The van der Waals surface area contributed by atoms with Gasteiger partial charge in [0, 0.05) is 6.08 Å². The van der Waals surface area contributed by atoms with Gasteiger partial charge in [0.2, 0.25) is 0 Å². The van der Waals surface area contributed by atoms with E-state index in [1.165, 1.54) is 12.1 Å². The van der Waals surface area contributed by atoms with Crippen molar-refractivity contribution in [1.29, 1.82) is 0 Å². The third kappa shape index (κ3) is 11.2. The van der Waals surface area contributed by atoms with Crippen LogP contribution in [0.15, 0.2) is 48.4 Å². The van der Waals surface area contributed by atoms with Crippen molar-refractivity contribution < 1.29 is 22.9 Å². The molecular formula is C11H14LiNaO5S. The topological polar surface area (TPSA) is 91.7 Å². The number of rotatable bonds is 3. The number of hydrogen-bond acceptors (Lipinski definition) is 3. The molecule has 0 unspecified atom stereocenters. The first-order valence-electron chi connectivity index (χ1n) is 4.36. The molecule has 5 nitrogen and oxygen atoms in total. The number of aliphatic carboxylic acids is 1. The Morgan fingerprint density at radius 1 is 1.16 bits per heavy atom. The number of benzene rings is 1. The third-order valence-electron chi connectivity index (χ3n) is 1.59. The maximum atomic E-state index is 10.6. The Labute approximate surface area is 146 Å². The Hall–Kier alpha value is -0.323. The molecule has 0 aliphatic heterocycles. The van der Waals surface area contributed by atoms with Crippen molar-refractivity contribution in [1.82, 2.24) is 0 Å². The Kier molecular flexibility index (Phi) is 14.4. The molecule has 0 heterocycles. The molecule has 0 atom stereocenters. The van der Waals surface area contributed by atoms with Gasteiger partial charge in [-0.2, -0.15) is 8.42 Å². The number of carboxylic acids is 1. The van der Waals surface area contributed by atoms with Gasteiger partial charge in [-0.3, -0.25) is 4.55 Å². The fraction of sp³-hybridized carbons (Fsp3) is 0. The average molecular weight is 288 g/mol. The van der Waals surface area contributed by atoms with Gasteiger partial charge in [0.05, 0.1) is 4.90 Å². The van der Waals surface area contributed by atoms with Crippen LogP contribution in [-0.4, -0.2) is 72.5 Å². The van der Waals surface area contributed by atoms with Crippen molar-refractivity contribution >= 4 is 70.6 Å². The van der Waals surface area contributed by atoms with E-state index in [9.17, 15) is 13.2 Å². The van der Waals surface area contributed by atoms with Crippen LogP contribution in [0.25, 0.3) is 6.08 Å². The molecule has 0 bridgehead atoms. The summed E-state index contributed by atoms with van der Waals surface area (Å²) >= 11 is 0. The van der Waals surface area contributed by atoms with Crippen molar-refractivity contribution in [2.24, 2.45) is 0 Å². The molecule has 0 saturated carbocycles. The summed E-state index contributed by atoms with van der Waals surface area (Å²) < 4.78 is 29.7. The fourth-order valence-corrected chi connectivity index (χ4v) is 1.26. The standard InChI is InChI=1S/C8H8O3S.C3H4O2.Li.Na.2H/c1-2-7-3-5-8(6-4-7)12(9,10)11;1-2-3(4)5;;;;/h2-6H,1H2,(H,9,10,11);2H,1H2,(H,4,5);;;;. The molecule has 0 fully saturated rings. The van der Waals surface area contributed by atoms with Crippen LogP contribution in [0.4, 0.5) is 0 Å². The zero-order valence-electron chi connectivity index (χ0n) is 8.91. The summed E-state index contributed by atoms with van der Waals surface area (Å²) in [5.74, 6) is -0.981. The minimum absolute atomic E-state index is 0. The van der Waals surface area contributed by atoms with Gasteiger partial charge in [0.1, 0.15) is 0 Å². The second kappa shape index (κ2) is 11.5. The minimum atomic E-state index is -4.06. The molecule has 1 aromatic rings. The molecule has 0 aliphatic rings. The first-order valence-corrected chi connectivity index (χ1v) is 5.80. The molecule has 1 aromatic carbocycles.